The summed E-state index contributed by atoms with van der Waals surface area (Å²) in [7, 11) is 0. The van der Waals surface area contributed by atoms with Gasteiger partial charge in [-0.2, -0.15) is 0 Å². The normalized spacial score (nSPS) is 18.7. The van der Waals surface area contributed by atoms with Crippen LogP contribution in [0.25, 0.3) is 0 Å². The van der Waals surface area contributed by atoms with Gasteiger partial charge in [-0.1, -0.05) is 48.5 Å². The Kier molecular flexibility index (Phi) is 5.35. The lowest BCUT2D eigenvalue weighted by Gasteiger charge is -2.29. The van der Waals surface area contributed by atoms with Gasteiger partial charge in [-0.05, 0) is 37.0 Å². The minimum Gasteiger partial charge on any atom is -0.310 e. The number of hydrogen-bond donors (Lipinski definition) is 1. The summed E-state index contributed by atoms with van der Waals surface area (Å²) in [5.41, 5.74) is 2.89. The number of aromatic amines is 1. The van der Waals surface area contributed by atoms with Crippen LogP contribution in [0.3, 0.4) is 0 Å². The Hall–Kier alpha value is -1.36. The third-order valence-corrected chi connectivity index (χ3v) is 6.16. The van der Waals surface area contributed by atoms with E-state index in [0.29, 0.717) is 22.5 Å². The lowest BCUT2D eigenvalue weighted by Crippen LogP contribution is -2.35. The van der Waals surface area contributed by atoms with Crippen LogP contribution in [0.5, 0.6) is 0 Å². The van der Waals surface area contributed by atoms with Crippen LogP contribution in [0, 0.1) is 0 Å². The summed E-state index contributed by atoms with van der Waals surface area (Å²) >= 11 is 12.3. The molecule has 2 aromatic rings. The molecule has 138 valence electrons. The Morgan fingerprint density at radius 1 is 1.19 bits per heavy atom. The van der Waals surface area contributed by atoms with Crippen molar-refractivity contribution in [3.8, 4) is 0 Å². The number of rotatable bonds is 3. The maximum atomic E-state index is 12.5. The van der Waals surface area contributed by atoms with Crippen LogP contribution in [0.2, 0.25) is 10.0 Å². The molecule has 1 aromatic heterocycles. The molecule has 1 aliphatic carbocycles. The zero-order valence-corrected chi connectivity index (χ0v) is 16.2. The molecule has 1 aliphatic heterocycles. The van der Waals surface area contributed by atoms with E-state index in [4.69, 9.17) is 28.2 Å². The second kappa shape index (κ2) is 7.71. The zero-order valence-electron chi connectivity index (χ0n) is 14.7. The standard InChI is InChI=1S/C20H23Cl2N3O/c21-15-7-6-14(17(22)10-15)11-25-9-8-16-18(12-25)23-19(24-20(16)26)13-4-2-1-3-5-13/h6-7,10,13H,1-5,8-9,11-12H2,(H,23,24,26). The molecule has 0 unspecified atom stereocenters. The first kappa shape index (κ1) is 18.0. The number of nitrogens with one attached hydrogen (secondary N) is 1. The summed E-state index contributed by atoms with van der Waals surface area (Å²) < 4.78 is 0. The van der Waals surface area contributed by atoms with Crippen LogP contribution in [0.4, 0.5) is 0 Å². The van der Waals surface area contributed by atoms with E-state index >= 15 is 0 Å². The van der Waals surface area contributed by atoms with Crippen LogP contribution < -0.4 is 5.56 Å². The predicted molar refractivity (Wildman–Crippen MR) is 105 cm³/mol. The van der Waals surface area contributed by atoms with Crippen molar-refractivity contribution in [1.29, 1.82) is 0 Å². The van der Waals surface area contributed by atoms with Gasteiger partial charge in [0.15, 0.2) is 0 Å². The summed E-state index contributed by atoms with van der Waals surface area (Å²) in [5, 5.41) is 1.33. The maximum absolute atomic E-state index is 12.5. The molecule has 1 saturated carbocycles. The molecule has 1 fully saturated rings. The van der Waals surface area contributed by atoms with Gasteiger partial charge in [-0.3, -0.25) is 9.69 Å². The van der Waals surface area contributed by atoms with Crippen molar-refractivity contribution < 1.29 is 0 Å². The van der Waals surface area contributed by atoms with Gasteiger partial charge < -0.3 is 4.98 Å². The van der Waals surface area contributed by atoms with Gasteiger partial charge in [0.25, 0.3) is 5.56 Å². The van der Waals surface area contributed by atoms with Crippen molar-refractivity contribution in [2.45, 2.75) is 57.5 Å². The Morgan fingerprint density at radius 3 is 2.77 bits per heavy atom. The summed E-state index contributed by atoms with van der Waals surface area (Å²) in [6.07, 6.45) is 6.74. The van der Waals surface area contributed by atoms with Crippen molar-refractivity contribution in [3.05, 3.63) is 61.2 Å². The summed E-state index contributed by atoms with van der Waals surface area (Å²) in [5.74, 6) is 1.29. The average molecular weight is 392 g/mol. The molecule has 0 saturated heterocycles. The van der Waals surface area contributed by atoms with Crippen LogP contribution in [-0.2, 0) is 19.5 Å². The average Bonchev–Trinajstić information content (AvgIpc) is 2.64. The molecule has 2 heterocycles. The molecule has 0 radical (unpaired) electrons. The van der Waals surface area contributed by atoms with E-state index in [1.54, 1.807) is 6.07 Å². The first-order valence-corrected chi connectivity index (χ1v) is 10.1. The largest absolute Gasteiger partial charge is 0.310 e. The maximum Gasteiger partial charge on any atom is 0.254 e. The number of fused-ring (bicyclic) bond motifs is 1. The third kappa shape index (κ3) is 3.83. The fourth-order valence-electron chi connectivity index (χ4n) is 4.11. The van der Waals surface area contributed by atoms with E-state index in [-0.39, 0.29) is 5.56 Å². The second-order valence-corrected chi connectivity index (χ2v) is 8.25. The van der Waals surface area contributed by atoms with Gasteiger partial charge in [0.2, 0.25) is 0 Å². The third-order valence-electron chi connectivity index (χ3n) is 5.57. The first-order valence-electron chi connectivity index (χ1n) is 9.38. The van der Waals surface area contributed by atoms with Gasteiger partial charge in [0, 0.05) is 41.2 Å². The monoisotopic (exact) mass is 391 g/mol. The van der Waals surface area contributed by atoms with Crippen molar-refractivity contribution in [2.24, 2.45) is 0 Å². The Labute approximate surface area is 163 Å². The first-order chi connectivity index (χ1) is 12.6. The number of benzene rings is 1. The number of hydrogen-bond acceptors (Lipinski definition) is 3. The van der Waals surface area contributed by atoms with Crippen molar-refractivity contribution in [3.63, 3.8) is 0 Å². The van der Waals surface area contributed by atoms with E-state index in [2.05, 4.69) is 9.88 Å². The van der Waals surface area contributed by atoms with Crippen molar-refractivity contribution >= 4 is 23.2 Å². The van der Waals surface area contributed by atoms with Gasteiger partial charge in [0.1, 0.15) is 5.82 Å². The molecular formula is C20H23Cl2N3O. The smallest absolute Gasteiger partial charge is 0.254 e. The van der Waals surface area contributed by atoms with E-state index < -0.39 is 0 Å². The SMILES string of the molecule is O=c1[nH]c(C2CCCCC2)nc2c1CCN(Cc1ccc(Cl)cc1Cl)C2. The minimum atomic E-state index is 0.0553. The van der Waals surface area contributed by atoms with Crippen LogP contribution in [0.1, 0.15) is 60.7 Å². The minimum absolute atomic E-state index is 0.0553. The fraction of sp³-hybridized carbons (Fsp3) is 0.500. The fourth-order valence-corrected chi connectivity index (χ4v) is 4.58. The number of aromatic nitrogens is 2. The molecule has 0 atom stereocenters. The number of H-pyrrole nitrogens is 1. The number of halogens is 2. The lowest BCUT2D eigenvalue weighted by atomic mass is 9.88. The summed E-state index contributed by atoms with van der Waals surface area (Å²) in [6.45, 7) is 2.26. The van der Waals surface area contributed by atoms with E-state index in [0.717, 1.165) is 55.0 Å². The Morgan fingerprint density at radius 2 is 2.00 bits per heavy atom. The van der Waals surface area contributed by atoms with E-state index in [1.807, 2.05) is 12.1 Å². The van der Waals surface area contributed by atoms with Crippen molar-refractivity contribution in [1.82, 2.24) is 14.9 Å². The Balaban J connectivity index is 1.55. The molecular weight excluding hydrogens is 369 g/mol. The Bertz CT molecular complexity index is 859. The molecule has 2 aliphatic rings. The quantitative estimate of drug-likeness (QED) is 0.825. The van der Waals surface area contributed by atoms with Crippen LogP contribution in [-0.4, -0.2) is 21.4 Å². The van der Waals surface area contributed by atoms with E-state index in [1.165, 1.54) is 19.3 Å². The van der Waals surface area contributed by atoms with Gasteiger partial charge in [0.05, 0.1) is 5.69 Å². The summed E-state index contributed by atoms with van der Waals surface area (Å²) in [6, 6.07) is 5.62. The molecule has 1 aromatic carbocycles. The van der Waals surface area contributed by atoms with Crippen molar-refractivity contribution in [2.75, 3.05) is 6.54 Å². The highest BCUT2D eigenvalue weighted by Gasteiger charge is 2.24. The molecule has 0 bridgehead atoms. The van der Waals surface area contributed by atoms with E-state index in [9.17, 15) is 4.79 Å². The van der Waals surface area contributed by atoms with Crippen LogP contribution in [0.15, 0.2) is 23.0 Å². The van der Waals surface area contributed by atoms with Gasteiger partial charge in [-0.25, -0.2) is 4.98 Å². The predicted octanol–water partition coefficient (Wildman–Crippen LogP) is 4.68. The molecule has 1 N–H and O–H groups in total. The van der Waals surface area contributed by atoms with Gasteiger partial charge in [-0.15, -0.1) is 0 Å². The summed E-state index contributed by atoms with van der Waals surface area (Å²) in [4.78, 5) is 22.8. The zero-order chi connectivity index (χ0) is 18.1. The molecule has 26 heavy (non-hydrogen) atoms. The molecule has 4 rings (SSSR count). The highest BCUT2D eigenvalue weighted by atomic mass is 35.5. The molecule has 6 heteroatoms. The van der Waals surface area contributed by atoms with Gasteiger partial charge >= 0.3 is 0 Å². The molecule has 0 amide bonds. The highest BCUT2D eigenvalue weighted by Crippen LogP contribution is 2.31. The molecule has 4 nitrogen and oxygen atoms in total. The van der Waals surface area contributed by atoms with Crippen LogP contribution >= 0.6 is 23.2 Å². The molecule has 0 spiro atoms. The second-order valence-electron chi connectivity index (χ2n) is 7.41. The topological polar surface area (TPSA) is 49.0 Å². The number of nitrogens with zero attached hydrogens (tertiary/aromatic N) is 2. The highest BCUT2D eigenvalue weighted by molar-refractivity contribution is 6.35. The lowest BCUT2D eigenvalue weighted by molar-refractivity contribution is 0.239.